The molecule has 0 aromatic rings. The number of hydrogen-bond donors (Lipinski definition) is 5. The Hall–Kier alpha value is -2.90. The van der Waals surface area contributed by atoms with E-state index in [0.29, 0.717) is 0 Å². The predicted molar refractivity (Wildman–Crippen MR) is 84.5 cm³/mol. The molecule has 0 aliphatic heterocycles. The normalized spacial score (nSPS) is 13.7. The number of esters is 4. The van der Waals surface area contributed by atoms with E-state index in [-0.39, 0.29) is 12.8 Å². The molecule has 0 heterocycles. The lowest BCUT2D eigenvalue weighted by Crippen LogP contribution is -2.41. The highest BCUT2D eigenvalue weighted by Gasteiger charge is 2.27. The molecule has 0 bridgehead atoms. The van der Waals surface area contributed by atoms with Crippen molar-refractivity contribution in [1.82, 2.24) is 0 Å². The highest BCUT2D eigenvalue weighted by molar-refractivity contribution is 5.94. The third-order valence-corrected chi connectivity index (χ3v) is 3.05. The summed E-state index contributed by atoms with van der Waals surface area (Å²) in [5, 5.41) is 16.9. The number of carboxylic acids is 2. The van der Waals surface area contributed by atoms with Crippen molar-refractivity contribution in [2.24, 2.45) is 17.2 Å². The van der Waals surface area contributed by atoms with Crippen molar-refractivity contribution in [3.05, 3.63) is 0 Å². The van der Waals surface area contributed by atoms with Crippen LogP contribution < -0.4 is 17.2 Å². The monoisotopic (exact) mass is 391 g/mol. The first-order valence-corrected chi connectivity index (χ1v) is 7.64. The van der Waals surface area contributed by atoms with Gasteiger partial charge in [0, 0.05) is 12.8 Å². The van der Waals surface area contributed by atoms with Gasteiger partial charge in [-0.3, -0.25) is 14.4 Å². The molecular formula is C14H21N3O10. The summed E-state index contributed by atoms with van der Waals surface area (Å²) < 4.78 is 8.65. The summed E-state index contributed by atoms with van der Waals surface area (Å²) in [4.78, 5) is 66.9. The van der Waals surface area contributed by atoms with Gasteiger partial charge in [0.25, 0.3) is 0 Å². The van der Waals surface area contributed by atoms with E-state index in [1.807, 2.05) is 0 Å². The molecule has 0 radical (unpaired) electrons. The van der Waals surface area contributed by atoms with E-state index in [4.69, 9.17) is 27.4 Å². The molecule has 0 amide bonds. The van der Waals surface area contributed by atoms with Gasteiger partial charge in [-0.1, -0.05) is 0 Å². The molecule has 0 aliphatic carbocycles. The van der Waals surface area contributed by atoms with Crippen molar-refractivity contribution in [3.63, 3.8) is 0 Å². The lowest BCUT2D eigenvalue weighted by molar-refractivity contribution is -0.167. The molecule has 3 atom stereocenters. The topological polar surface area (TPSA) is 239 Å². The van der Waals surface area contributed by atoms with Gasteiger partial charge >= 0.3 is 35.8 Å². The Morgan fingerprint density at radius 3 is 1.44 bits per heavy atom. The van der Waals surface area contributed by atoms with Crippen molar-refractivity contribution in [2.45, 2.75) is 50.2 Å². The summed E-state index contributed by atoms with van der Waals surface area (Å²) in [6.45, 7) is 0. The second kappa shape index (κ2) is 11.7. The maximum atomic E-state index is 11.6. The van der Waals surface area contributed by atoms with Crippen LogP contribution in [-0.4, -0.2) is 64.2 Å². The van der Waals surface area contributed by atoms with Crippen LogP contribution in [0.5, 0.6) is 0 Å². The molecule has 27 heavy (non-hydrogen) atoms. The van der Waals surface area contributed by atoms with Crippen LogP contribution in [0.15, 0.2) is 0 Å². The molecule has 0 aromatic carbocycles. The van der Waals surface area contributed by atoms with Gasteiger partial charge in [0.2, 0.25) is 0 Å². The zero-order valence-corrected chi connectivity index (χ0v) is 14.2. The van der Waals surface area contributed by atoms with Crippen LogP contribution in [0.25, 0.3) is 0 Å². The van der Waals surface area contributed by atoms with Crippen LogP contribution in [0, 0.1) is 0 Å². The number of carbonyl (C=O) groups excluding carboxylic acids is 4. The summed E-state index contributed by atoms with van der Waals surface area (Å²) in [5.74, 6) is -7.38. The molecule has 0 fully saturated rings. The third-order valence-electron chi connectivity index (χ3n) is 3.05. The van der Waals surface area contributed by atoms with Gasteiger partial charge < -0.3 is 36.9 Å². The quantitative estimate of drug-likeness (QED) is 0.177. The molecular weight excluding hydrogens is 370 g/mol. The van der Waals surface area contributed by atoms with Gasteiger partial charge in [0.1, 0.15) is 18.1 Å². The lowest BCUT2D eigenvalue weighted by atomic mass is 10.1. The van der Waals surface area contributed by atoms with Gasteiger partial charge in [-0.15, -0.1) is 0 Å². The Bertz CT molecular complexity index is 606. The molecule has 0 rings (SSSR count). The molecule has 0 saturated carbocycles. The highest BCUT2D eigenvalue weighted by atomic mass is 16.6. The number of nitrogens with two attached hydrogens (primary N) is 3. The fraction of sp³-hybridized carbons (Fsp3) is 0.571. The molecule has 152 valence electrons. The molecule has 8 N–H and O–H groups in total. The van der Waals surface area contributed by atoms with Crippen LogP contribution in [0.2, 0.25) is 0 Å². The van der Waals surface area contributed by atoms with Gasteiger partial charge in [0.15, 0.2) is 0 Å². The molecule has 0 aliphatic rings. The summed E-state index contributed by atoms with van der Waals surface area (Å²) >= 11 is 0. The Labute approximate surface area is 152 Å². The Morgan fingerprint density at radius 2 is 1.04 bits per heavy atom. The smallest absolute Gasteiger partial charge is 0.331 e. The van der Waals surface area contributed by atoms with Crippen molar-refractivity contribution < 1.29 is 48.5 Å². The Kier molecular flexibility index (Phi) is 10.4. The minimum absolute atomic E-state index is 0.266. The second-order valence-electron chi connectivity index (χ2n) is 5.42. The van der Waals surface area contributed by atoms with E-state index < -0.39 is 73.2 Å². The van der Waals surface area contributed by atoms with Crippen LogP contribution in [0.3, 0.4) is 0 Å². The van der Waals surface area contributed by atoms with Crippen molar-refractivity contribution in [3.8, 4) is 0 Å². The Balaban J connectivity index is 4.39. The average molecular weight is 391 g/mol. The minimum atomic E-state index is -1.66. The molecule has 0 aromatic heterocycles. The van der Waals surface area contributed by atoms with E-state index in [1.165, 1.54) is 0 Å². The van der Waals surface area contributed by atoms with E-state index in [1.54, 1.807) is 0 Å². The van der Waals surface area contributed by atoms with Crippen LogP contribution in [-0.2, 0) is 38.2 Å². The first-order chi connectivity index (χ1) is 12.4. The number of aliphatic carboxylic acids is 2. The zero-order chi connectivity index (χ0) is 21.1. The summed E-state index contributed by atoms with van der Waals surface area (Å²) in [5.41, 5.74) is 16.0. The van der Waals surface area contributed by atoms with E-state index in [9.17, 15) is 28.8 Å². The van der Waals surface area contributed by atoms with Gasteiger partial charge in [-0.2, -0.15) is 0 Å². The fourth-order valence-electron chi connectivity index (χ4n) is 1.54. The van der Waals surface area contributed by atoms with Crippen LogP contribution in [0.4, 0.5) is 0 Å². The van der Waals surface area contributed by atoms with Crippen molar-refractivity contribution in [2.75, 3.05) is 0 Å². The first-order valence-electron chi connectivity index (χ1n) is 7.64. The first kappa shape index (κ1) is 24.1. The molecule has 13 nitrogen and oxygen atoms in total. The largest absolute Gasteiger partial charge is 0.481 e. The number of rotatable bonds is 11. The van der Waals surface area contributed by atoms with Gasteiger partial charge in [-0.05, 0) is 12.8 Å². The highest BCUT2D eigenvalue weighted by Crippen LogP contribution is 2.03. The summed E-state index contributed by atoms with van der Waals surface area (Å²) in [7, 11) is 0. The third kappa shape index (κ3) is 10.6. The van der Waals surface area contributed by atoms with E-state index in [0.717, 1.165) is 0 Å². The fourth-order valence-corrected chi connectivity index (χ4v) is 1.54. The van der Waals surface area contributed by atoms with Crippen LogP contribution >= 0.6 is 0 Å². The summed E-state index contributed by atoms with van der Waals surface area (Å²) in [6.07, 6.45) is -2.21. The maximum Gasteiger partial charge on any atom is 0.331 e. The number of ether oxygens (including phenoxy) is 2. The standard InChI is InChI=1S/C14H21N3O10/c15-6(1-3-9(18)19)12(23)26-11(22)5-8(17)14(25)27-13(24)7(16)2-4-10(20)21/h6-8H,1-5,15-17H2,(H,18,19)(H,20,21). The van der Waals surface area contributed by atoms with Gasteiger partial charge in [0.05, 0.1) is 6.42 Å². The van der Waals surface area contributed by atoms with Crippen molar-refractivity contribution >= 4 is 35.8 Å². The predicted octanol–water partition coefficient (Wildman–Crippen LogP) is -2.77. The van der Waals surface area contributed by atoms with Gasteiger partial charge in [-0.25, -0.2) is 14.4 Å². The summed E-state index contributed by atoms with van der Waals surface area (Å²) in [6, 6.07) is -4.39. The number of carboxylic acid groups (broad SMARTS) is 2. The molecule has 0 saturated heterocycles. The van der Waals surface area contributed by atoms with E-state index in [2.05, 4.69) is 9.47 Å². The van der Waals surface area contributed by atoms with Crippen molar-refractivity contribution in [1.29, 1.82) is 0 Å². The maximum absolute atomic E-state index is 11.6. The molecule has 13 heteroatoms. The van der Waals surface area contributed by atoms with E-state index >= 15 is 0 Å². The lowest BCUT2D eigenvalue weighted by Gasteiger charge is -2.13. The Morgan fingerprint density at radius 1 is 0.667 bits per heavy atom. The minimum Gasteiger partial charge on any atom is -0.481 e. The zero-order valence-electron chi connectivity index (χ0n) is 14.2. The number of carbonyl (C=O) groups is 6. The molecule has 3 unspecified atom stereocenters. The average Bonchev–Trinajstić information content (AvgIpc) is 2.56. The molecule has 0 spiro atoms. The SMILES string of the molecule is NC(CCC(=O)O)C(=O)OC(=O)CC(N)C(=O)OC(=O)C(N)CCC(=O)O. The second-order valence-corrected chi connectivity index (χ2v) is 5.42. The number of hydrogen-bond acceptors (Lipinski definition) is 11. The van der Waals surface area contributed by atoms with Crippen LogP contribution in [0.1, 0.15) is 32.1 Å².